The highest BCUT2D eigenvalue weighted by Crippen LogP contribution is 2.26. The van der Waals surface area contributed by atoms with Gasteiger partial charge in [-0.05, 0) is 43.3 Å². The number of hydrogen-bond acceptors (Lipinski definition) is 4. The molecule has 0 radical (unpaired) electrons. The molecule has 1 amide bonds. The predicted molar refractivity (Wildman–Crippen MR) is 94.1 cm³/mol. The van der Waals surface area contributed by atoms with Crippen LogP contribution in [0.25, 0.3) is 0 Å². The summed E-state index contributed by atoms with van der Waals surface area (Å²) in [7, 11) is -2.51. The number of carbonyl (C=O) groups is 1. The van der Waals surface area contributed by atoms with Crippen LogP contribution in [0.3, 0.4) is 0 Å². The first-order valence-corrected chi connectivity index (χ1v) is 9.61. The van der Waals surface area contributed by atoms with E-state index < -0.39 is 21.7 Å². The molecule has 0 bridgehead atoms. The smallest absolute Gasteiger partial charge is 0.254 e. The molecule has 1 heterocycles. The highest BCUT2D eigenvalue weighted by molar-refractivity contribution is 7.89. The first-order valence-electron chi connectivity index (χ1n) is 8.12. The number of sulfonamides is 1. The van der Waals surface area contributed by atoms with Gasteiger partial charge >= 0.3 is 0 Å². The molecule has 8 heteroatoms. The van der Waals surface area contributed by atoms with Crippen molar-refractivity contribution in [2.75, 3.05) is 20.2 Å². The largest absolute Gasteiger partial charge is 0.493 e. The van der Waals surface area contributed by atoms with Crippen molar-refractivity contribution in [2.45, 2.75) is 11.3 Å². The van der Waals surface area contributed by atoms with E-state index in [1.54, 1.807) is 0 Å². The summed E-state index contributed by atoms with van der Waals surface area (Å²) in [5.74, 6) is -0.537. The van der Waals surface area contributed by atoms with E-state index in [9.17, 15) is 17.6 Å². The van der Waals surface area contributed by atoms with Crippen molar-refractivity contribution in [1.82, 2.24) is 10.0 Å². The van der Waals surface area contributed by atoms with Crippen molar-refractivity contribution in [3.8, 4) is 5.75 Å². The number of fused-ring (bicyclic) bond motifs is 1. The van der Waals surface area contributed by atoms with E-state index in [1.165, 1.54) is 7.05 Å². The molecule has 1 aliphatic heterocycles. The van der Waals surface area contributed by atoms with E-state index in [1.807, 2.05) is 24.3 Å². The Hall–Kier alpha value is -2.45. The van der Waals surface area contributed by atoms with Crippen molar-refractivity contribution in [1.29, 1.82) is 0 Å². The average Bonchev–Trinajstić information content (AvgIpc) is 2.66. The monoisotopic (exact) mass is 378 g/mol. The topological polar surface area (TPSA) is 84.5 Å². The Kier molecular flexibility index (Phi) is 5.24. The standard InChI is InChI=1S/C18H19FN2O4S/c1-20-26(23,24)14-6-7-16(19)15(9-14)18(22)21-10-12-8-13-4-2-3-5-17(13)25-11-12/h2-7,9,12,20H,8,10-11H2,1H3,(H,21,22)/t12-/m1/s1. The van der Waals surface area contributed by atoms with Gasteiger partial charge in [0.1, 0.15) is 11.6 Å². The first kappa shape index (κ1) is 18.3. The number of halogens is 1. The van der Waals surface area contributed by atoms with Crippen LogP contribution in [0.5, 0.6) is 5.75 Å². The lowest BCUT2D eigenvalue weighted by Gasteiger charge is -2.25. The number of hydrogen-bond donors (Lipinski definition) is 2. The molecule has 0 aliphatic carbocycles. The predicted octanol–water partition coefficient (Wildman–Crippen LogP) is 1.71. The molecule has 0 saturated heterocycles. The number of para-hydroxylation sites is 1. The quantitative estimate of drug-likeness (QED) is 0.830. The molecular formula is C18H19FN2O4S. The Labute approximate surface area is 151 Å². The van der Waals surface area contributed by atoms with Crippen LogP contribution in [-0.2, 0) is 16.4 Å². The number of amides is 1. The molecule has 1 aliphatic rings. The van der Waals surface area contributed by atoms with Gasteiger partial charge < -0.3 is 10.1 Å². The summed E-state index contributed by atoms with van der Waals surface area (Å²) in [6, 6.07) is 10.8. The Bertz CT molecular complexity index is 931. The molecule has 1 atom stereocenters. The molecule has 2 aromatic rings. The maximum absolute atomic E-state index is 14.0. The maximum Gasteiger partial charge on any atom is 0.254 e. The zero-order chi connectivity index (χ0) is 18.7. The average molecular weight is 378 g/mol. The van der Waals surface area contributed by atoms with Crippen molar-refractivity contribution in [3.05, 3.63) is 59.4 Å². The highest BCUT2D eigenvalue weighted by Gasteiger charge is 2.22. The van der Waals surface area contributed by atoms with Gasteiger partial charge in [0.05, 0.1) is 17.1 Å². The van der Waals surface area contributed by atoms with Crippen LogP contribution in [0.1, 0.15) is 15.9 Å². The van der Waals surface area contributed by atoms with Crippen LogP contribution in [0.2, 0.25) is 0 Å². The van der Waals surface area contributed by atoms with E-state index in [4.69, 9.17) is 4.74 Å². The van der Waals surface area contributed by atoms with Gasteiger partial charge in [0.25, 0.3) is 5.91 Å². The van der Waals surface area contributed by atoms with E-state index >= 15 is 0 Å². The van der Waals surface area contributed by atoms with Crippen molar-refractivity contribution in [3.63, 3.8) is 0 Å². The lowest BCUT2D eigenvalue weighted by Crippen LogP contribution is -2.35. The van der Waals surface area contributed by atoms with Crippen LogP contribution in [0.4, 0.5) is 4.39 Å². The zero-order valence-corrected chi connectivity index (χ0v) is 15.0. The molecule has 0 fully saturated rings. The van der Waals surface area contributed by atoms with Gasteiger partial charge in [0.2, 0.25) is 10.0 Å². The van der Waals surface area contributed by atoms with Gasteiger partial charge in [-0.15, -0.1) is 0 Å². The van der Waals surface area contributed by atoms with E-state index in [2.05, 4.69) is 10.0 Å². The van der Waals surface area contributed by atoms with Gasteiger partial charge in [-0.25, -0.2) is 17.5 Å². The van der Waals surface area contributed by atoms with Gasteiger partial charge in [-0.1, -0.05) is 18.2 Å². The van der Waals surface area contributed by atoms with Gasteiger partial charge in [0.15, 0.2) is 0 Å². The van der Waals surface area contributed by atoms with E-state index in [-0.39, 0.29) is 16.4 Å². The van der Waals surface area contributed by atoms with E-state index in [0.717, 1.165) is 35.9 Å². The Morgan fingerprint density at radius 1 is 1.27 bits per heavy atom. The molecule has 6 nitrogen and oxygen atoms in total. The fourth-order valence-corrected chi connectivity index (χ4v) is 3.57. The summed E-state index contributed by atoms with van der Waals surface area (Å²) in [6.07, 6.45) is 0.743. The van der Waals surface area contributed by atoms with Crippen LogP contribution in [-0.4, -0.2) is 34.5 Å². The Morgan fingerprint density at radius 3 is 2.81 bits per heavy atom. The second kappa shape index (κ2) is 7.43. The lowest BCUT2D eigenvalue weighted by molar-refractivity contribution is 0.0934. The molecule has 0 saturated carbocycles. The third kappa shape index (κ3) is 3.86. The Morgan fingerprint density at radius 2 is 2.04 bits per heavy atom. The summed E-state index contributed by atoms with van der Waals surface area (Å²) < 4.78 is 45.4. The molecule has 26 heavy (non-hydrogen) atoms. The molecule has 2 aromatic carbocycles. The molecule has 0 spiro atoms. The summed E-state index contributed by atoms with van der Waals surface area (Å²) in [6.45, 7) is 0.754. The summed E-state index contributed by atoms with van der Waals surface area (Å²) in [5.41, 5.74) is 0.754. The summed E-state index contributed by atoms with van der Waals surface area (Å²) in [5, 5.41) is 2.66. The van der Waals surface area contributed by atoms with Crippen molar-refractivity contribution < 1.29 is 22.3 Å². The lowest BCUT2D eigenvalue weighted by atomic mass is 9.96. The number of carbonyl (C=O) groups excluding carboxylic acids is 1. The third-order valence-corrected chi connectivity index (χ3v) is 5.68. The van der Waals surface area contributed by atoms with Gasteiger partial charge in [0, 0.05) is 12.5 Å². The van der Waals surface area contributed by atoms with Crippen LogP contribution in [0, 0.1) is 11.7 Å². The number of ether oxygens (including phenoxy) is 1. The number of rotatable bonds is 5. The molecule has 3 rings (SSSR count). The van der Waals surface area contributed by atoms with Crippen LogP contribution >= 0.6 is 0 Å². The third-order valence-electron chi connectivity index (χ3n) is 4.27. The summed E-state index contributed by atoms with van der Waals surface area (Å²) in [4.78, 5) is 12.1. The highest BCUT2D eigenvalue weighted by atomic mass is 32.2. The molecule has 0 unspecified atom stereocenters. The fraction of sp³-hybridized carbons (Fsp3) is 0.278. The normalized spacial score (nSPS) is 16.5. The molecule has 0 aromatic heterocycles. The Balaban J connectivity index is 1.68. The van der Waals surface area contributed by atoms with E-state index in [0.29, 0.717) is 13.2 Å². The molecular weight excluding hydrogens is 359 g/mol. The zero-order valence-electron chi connectivity index (χ0n) is 14.2. The number of nitrogens with one attached hydrogen (secondary N) is 2. The minimum absolute atomic E-state index is 0.0566. The van der Waals surface area contributed by atoms with Gasteiger partial charge in [-0.2, -0.15) is 0 Å². The van der Waals surface area contributed by atoms with Crippen molar-refractivity contribution >= 4 is 15.9 Å². The molecule has 2 N–H and O–H groups in total. The summed E-state index contributed by atoms with van der Waals surface area (Å²) >= 11 is 0. The van der Waals surface area contributed by atoms with Crippen molar-refractivity contribution in [2.24, 2.45) is 5.92 Å². The second-order valence-electron chi connectivity index (χ2n) is 6.05. The van der Waals surface area contributed by atoms with Gasteiger partial charge in [-0.3, -0.25) is 4.79 Å². The minimum atomic E-state index is -3.76. The van der Waals surface area contributed by atoms with Crippen LogP contribution in [0.15, 0.2) is 47.4 Å². The maximum atomic E-state index is 14.0. The molecule has 138 valence electrons. The second-order valence-corrected chi connectivity index (χ2v) is 7.93. The SMILES string of the molecule is CNS(=O)(=O)c1ccc(F)c(C(=O)NC[C@@H]2COc3ccccc3C2)c1. The minimum Gasteiger partial charge on any atom is -0.493 e. The first-order chi connectivity index (χ1) is 12.4. The fourth-order valence-electron chi connectivity index (χ4n) is 2.82. The number of benzene rings is 2. The van der Waals surface area contributed by atoms with Crippen LogP contribution < -0.4 is 14.8 Å².